The Bertz CT molecular complexity index is 396. The van der Waals surface area contributed by atoms with E-state index in [0.29, 0.717) is 6.42 Å². The number of halogens is 1. The van der Waals surface area contributed by atoms with Gasteiger partial charge in [-0.3, -0.25) is 4.79 Å². The number of hydrogen-bond acceptors (Lipinski definition) is 3. The molecule has 0 aliphatic rings. The molecule has 94 valence electrons. The van der Waals surface area contributed by atoms with Crippen molar-refractivity contribution < 1.29 is 4.79 Å². The van der Waals surface area contributed by atoms with Gasteiger partial charge in [0.2, 0.25) is 5.91 Å². The van der Waals surface area contributed by atoms with Crippen LogP contribution in [0, 0.1) is 0 Å². The van der Waals surface area contributed by atoms with Gasteiger partial charge < -0.3 is 11.5 Å². The second-order valence-electron chi connectivity index (χ2n) is 4.16. The number of thioether (sulfide) groups is 1. The van der Waals surface area contributed by atoms with Crippen molar-refractivity contribution in [3.8, 4) is 0 Å². The Morgan fingerprint density at radius 1 is 1.47 bits per heavy atom. The molecule has 0 aromatic heterocycles. The van der Waals surface area contributed by atoms with E-state index in [1.807, 2.05) is 18.2 Å². The largest absolute Gasteiger partial charge is 0.368 e. The highest BCUT2D eigenvalue weighted by Crippen LogP contribution is 2.28. The smallest absolute Gasteiger partial charge is 0.237 e. The van der Waals surface area contributed by atoms with E-state index in [1.165, 1.54) is 4.90 Å². The predicted molar refractivity (Wildman–Crippen MR) is 75.9 cm³/mol. The minimum atomic E-state index is -0.894. The molecule has 4 N–H and O–H groups in total. The zero-order chi connectivity index (χ0) is 12.9. The van der Waals surface area contributed by atoms with Gasteiger partial charge in [0.1, 0.15) is 0 Å². The van der Waals surface area contributed by atoms with Crippen LogP contribution in [0.4, 0.5) is 0 Å². The predicted octanol–water partition coefficient (Wildman–Crippen LogP) is 2.52. The molecule has 17 heavy (non-hydrogen) atoms. The molecule has 3 nitrogen and oxygen atoms in total. The molecular formula is C12H17BrN2OS. The van der Waals surface area contributed by atoms with Crippen molar-refractivity contribution in [1.29, 1.82) is 0 Å². The summed E-state index contributed by atoms with van der Waals surface area (Å²) in [5.74, 6) is 0.478. The zero-order valence-corrected chi connectivity index (χ0v) is 12.2. The standard InChI is InChI=1S/C12H17BrN2OS/c1-12(15,11(14)16)7-4-8-17-10-6-3-2-5-9(10)13/h2-3,5-6H,4,7-8,15H2,1H3,(H2,14,16). The Morgan fingerprint density at radius 2 is 2.12 bits per heavy atom. The quantitative estimate of drug-likeness (QED) is 0.626. The van der Waals surface area contributed by atoms with Crippen LogP contribution < -0.4 is 11.5 Å². The SMILES string of the molecule is CC(N)(CCCSc1ccccc1Br)C(N)=O. The lowest BCUT2D eigenvalue weighted by Crippen LogP contribution is -2.49. The third-order valence-corrected chi connectivity index (χ3v) is 4.61. The van der Waals surface area contributed by atoms with Gasteiger partial charge >= 0.3 is 0 Å². The molecule has 0 bridgehead atoms. The van der Waals surface area contributed by atoms with Crippen LogP contribution in [0.1, 0.15) is 19.8 Å². The second-order valence-corrected chi connectivity index (χ2v) is 6.16. The Morgan fingerprint density at radius 3 is 2.71 bits per heavy atom. The van der Waals surface area contributed by atoms with E-state index in [1.54, 1.807) is 18.7 Å². The number of benzene rings is 1. The monoisotopic (exact) mass is 316 g/mol. The molecular weight excluding hydrogens is 300 g/mol. The Labute approximate surface area is 114 Å². The van der Waals surface area contributed by atoms with E-state index in [2.05, 4.69) is 22.0 Å². The van der Waals surface area contributed by atoms with Gasteiger partial charge in [0, 0.05) is 9.37 Å². The summed E-state index contributed by atoms with van der Waals surface area (Å²) in [5.41, 5.74) is 10.1. The van der Waals surface area contributed by atoms with Crippen LogP contribution in [-0.2, 0) is 4.79 Å². The lowest BCUT2D eigenvalue weighted by Gasteiger charge is -2.19. The molecule has 1 aromatic rings. The van der Waals surface area contributed by atoms with E-state index in [-0.39, 0.29) is 0 Å². The molecule has 5 heteroatoms. The highest BCUT2D eigenvalue weighted by Gasteiger charge is 2.24. The molecule has 0 aliphatic carbocycles. The topological polar surface area (TPSA) is 69.1 Å². The molecule has 1 rings (SSSR count). The summed E-state index contributed by atoms with van der Waals surface area (Å²) >= 11 is 5.24. The minimum Gasteiger partial charge on any atom is -0.368 e. The molecule has 0 aliphatic heterocycles. The first-order valence-corrected chi connectivity index (χ1v) is 7.17. The number of nitrogens with two attached hydrogens (primary N) is 2. The van der Waals surface area contributed by atoms with Crippen molar-refractivity contribution >= 4 is 33.6 Å². The fraction of sp³-hybridized carbons (Fsp3) is 0.417. The van der Waals surface area contributed by atoms with Crippen LogP contribution in [0.3, 0.4) is 0 Å². The van der Waals surface area contributed by atoms with Gasteiger partial charge in [0.15, 0.2) is 0 Å². The molecule has 0 fully saturated rings. The van der Waals surface area contributed by atoms with Crippen molar-refractivity contribution in [2.24, 2.45) is 11.5 Å². The van der Waals surface area contributed by atoms with E-state index >= 15 is 0 Å². The second kappa shape index (κ2) is 6.42. The van der Waals surface area contributed by atoms with Gasteiger partial charge in [-0.05, 0) is 53.6 Å². The van der Waals surface area contributed by atoms with Gasteiger partial charge in [0.05, 0.1) is 5.54 Å². The maximum absolute atomic E-state index is 11.0. The van der Waals surface area contributed by atoms with Crippen LogP contribution in [0.25, 0.3) is 0 Å². The normalized spacial score (nSPS) is 14.3. The first kappa shape index (κ1) is 14.5. The summed E-state index contributed by atoms with van der Waals surface area (Å²) < 4.78 is 1.09. The molecule has 1 aromatic carbocycles. The lowest BCUT2D eigenvalue weighted by atomic mass is 9.97. The van der Waals surface area contributed by atoms with Gasteiger partial charge in [-0.15, -0.1) is 11.8 Å². The Balaban J connectivity index is 2.35. The first-order valence-electron chi connectivity index (χ1n) is 5.39. The number of hydrogen-bond donors (Lipinski definition) is 2. The van der Waals surface area contributed by atoms with Crippen molar-refractivity contribution in [2.75, 3.05) is 5.75 Å². The molecule has 0 spiro atoms. The molecule has 0 saturated carbocycles. The number of carbonyl (C=O) groups is 1. The Hall–Kier alpha value is -0.520. The van der Waals surface area contributed by atoms with E-state index in [4.69, 9.17) is 11.5 Å². The molecule has 0 radical (unpaired) electrons. The van der Waals surface area contributed by atoms with Crippen LogP contribution in [0.2, 0.25) is 0 Å². The highest BCUT2D eigenvalue weighted by molar-refractivity contribution is 9.10. The summed E-state index contributed by atoms with van der Waals surface area (Å²) in [6, 6.07) is 8.06. The third kappa shape index (κ3) is 4.69. The molecule has 0 saturated heterocycles. The van der Waals surface area contributed by atoms with Crippen molar-refractivity contribution in [3.05, 3.63) is 28.7 Å². The first-order chi connectivity index (χ1) is 7.93. The third-order valence-electron chi connectivity index (χ3n) is 2.50. The van der Waals surface area contributed by atoms with Crippen LogP contribution in [0.15, 0.2) is 33.6 Å². The van der Waals surface area contributed by atoms with E-state index in [9.17, 15) is 4.79 Å². The van der Waals surface area contributed by atoms with Crippen molar-refractivity contribution in [3.63, 3.8) is 0 Å². The maximum Gasteiger partial charge on any atom is 0.237 e. The van der Waals surface area contributed by atoms with Gasteiger partial charge in [0.25, 0.3) is 0 Å². The Kier molecular flexibility index (Phi) is 5.49. The van der Waals surface area contributed by atoms with E-state index < -0.39 is 11.4 Å². The van der Waals surface area contributed by atoms with Gasteiger partial charge in [-0.25, -0.2) is 0 Å². The van der Waals surface area contributed by atoms with Crippen LogP contribution in [-0.4, -0.2) is 17.2 Å². The fourth-order valence-electron chi connectivity index (χ4n) is 1.31. The molecule has 1 amide bonds. The number of carbonyl (C=O) groups excluding carboxylic acids is 1. The van der Waals surface area contributed by atoms with Gasteiger partial charge in [-0.1, -0.05) is 12.1 Å². The number of rotatable bonds is 6. The summed E-state index contributed by atoms with van der Waals surface area (Å²) in [6.45, 7) is 1.68. The highest BCUT2D eigenvalue weighted by atomic mass is 79.9. The maximum atomic E-state index is 11.0. The van der Waals surface area contributed by atoms with Crippen molar-refractivity contribution in [2.45, 2.75) is 30.2 Å². The lowest BCUT2D eigenvalue weighted by molar-refractivity contribution is -0.122. The summed E-state index contributed by atoms with van der Waals surface area (Å²) in [6.07, 6.45) is 1.47. The summed E-state index contributed by atoms with van der Waals surface area (Å²) in [4.78, 5) is 12.2. The zero-order valence-electron chi connectivity index (χ0n) is 9.78. The average Bonchev–Trinajstić information content (AvgIpc) is 2.26. The number of amides is 1. The van der Waals surface area contributed by atoms with Crippen molar-refractivity contribution in [1.82, 2.24) is 0 Å². The molecule has 1 unspecified atom stereocenters. The summed E-state index contributed by atoms with van der Waals surface area (Å²) in [7, 11) is 0. The molecule has 0 heterocycles. The molecule has 1 atom stereocenters. The van der Waals surface area contributed by atoms with Gasteiger partial charge in [-0.2, -0.15) is 0 Å². The number of primary amides is 1. The minimum absolute atomic E-state index is 0.441. The van der Waals surface area contributed by atoms with E-state index in [0.717, 1.165) is 16.6 Å². The fourth-order valence-corrected chi connectivity index (χ4v) is 2.82. The summed E-state index contributed by atoms with van der Waals surface area (Å²) in [5, 5.41) is 0. The average molecular weight is 317 g/mol. The van der Waals surface area contributed by atoms with Crippen LogP contribution >= 0.6 is 27.7 Å². The van der Waals surface area contributed by atoms with Crippen LogP contribution in [0.5, 0.6) is 0 Å².